The fraction of sp³-hybridized carbons (Fsp3) is 0.412. The van der Waals surface area contributed by atoms with Gasteiger partial charge in [0.15, 0.2) is 0 Å². The van der Waals surface area contributed by atoms with Crippen LogP contribution < -0.4 is 0 Å². The first-order chi connectivity index (χ1) is 10.3. The first kappa shape index (κ1) is 15.9. The van der Waals surface area contributed by atoms with Crippen LogP contribution in [0.5, 0.6) is 0 Å². The molecule has 0 saturated heterocycles. The lowest BCUT2D eigenvalue weighted by molar-refractivity contribution is 0.0788. The van der Waals surface area contributed by atoms with Crippen LogP contribution in [0, 0.1) is 0 Å². The summed E-state index contributed by atoms with van der Waals surface area (Å²) in [5.41, 5.74) is 1.62. The lowest BCUT2D eigenvalue weighted by Gasteiger charge is -2.42. The summed E-state index contributed by atoms with van der Waals surface area (Å²) >= 11 is 0. The molecule has 0 amide bonds. The van der Waals surface area contributed by atoms with Crippen molar-refractivity contribution >= 4 is 0 Å². The zero-order chi connectivity index (χ0) is 15.1. The van der Waals surface area contributed by atoms with Crippen LogP contribution in [0.25, 0.3) is 0 Å². The zero-order valence-corrected chi connectivity index (χ0v) is 12.2. The molecule has 0 aliphatic heterocycles. The molecular formula is C17H23NO3. The average Bonchev–Trinajstić information content (AvgIpc) is 2.55. The van der Waals surface area contributed by atoms with E-state index in [0.717, 1.165) is 17.5 Å². The second-order valence-corrected chi connectivity index (χ2v) is 5.20. The summed E-state index contributed by atoms with van der Waals surface area (Å²) < 4.78 is 0. The van der Waals surface area contributed by atoms with Gasteiger partial charge >= 0.3 is 0 Å². The molecule has 1 aromatic carbocycles. The first-order valence-electron chi connectivity index (χ1n) is 7.28. The summed E-state index contributed by atoms with van der Waals surface area (Å²) in [6.45, 7) is 1.13. The largest absolute Gasteiger partial charge is 0.395 e. The van der Waals surface area contributed by atoms with Gasteiger partial charge in [-0.15, -0.1) is 0 Å². The average molecular weight is 289 g/mol. The number of aliphatic hydroxyl groups excluding tert-OH is 3. The van der Waals surface area contributed by atoms with Crippen LogP contribution in [0.4, 0.5) is 0 Å². The minimum atomic E-state index is -0.353. The lowest BCUT2D eigenvalue weighted by atomic mass is 9.81. The summed E-state index contributed by atoms with van der Waals surface area (Å²) in [5.74, 6) is 0. The molecule has 0 saturated carbocycles. The Kier molecular flexibility index (Phi) is 5.70. The molecule has 0 spiro atoms. The van der Waals surface area contributed by atoms with E-state index in [-0.39, 0.29) is 25.4 Å². The van der Waals surface area contributed by atoms with E-state index in [4.69, 9.17) is 0 Å². The fourth-order valence-corrected chi connectivity index (χ4v) is 2.89. The predicted octanol–water partition coefficient (Wildman–Crippen LogP) is 1.18. The summed E-state index contributed by atoms with van der Waals surface area (Å²) in [6, 6.07) is 7.85. The van der Waals surface area contributed by atoms with Gasteiger partial charge in [0.25, 0.3) is 0 Å². The van der Waals surface area contributed by atoms with Gasteiger partial charge in [-0.2, -0.15) is 0 Å². The second-order valence-electron chi connectivity index (χ2n) is 5.20. The highest BCUT2D eigenvalue weighted by atomic mass is 16.3. The standard InChI is InChI=1S/C17H23NO3/c19-12-10-18(11-13-20)17(8-2-1-3-9-17)16-6-4-15(14-21)5-7-16/h1-8,19-21H,9-14H2. The van der Waals surface area contributed by atoms with Gasteiger partial charge in [-0.25, -0.2) is 0 Å². The highest BCUT2D eigenvalue weighted by Crippen LogP contribution is 2.36. The summed E-state index contributed by atoms with van der Waals surface area (Å²) in [6.07, 6.45) is 9.03. The Hall–Kier alpha value is -1.46. The van der Waals surface area contributed by atoms with Crippen molar-refractivity contribution in [3.05, 3.63) is 59.7 Å². The molecule has 0 fully saturated rings. The summed E-state index contributed by atoms with van der Waals surface area (Å²) in [5, 5.41) is 27.9. The van der Waals surface area contributed by atoms with Gasteiger partial charge in [-0.1, -0.05) is 48.6 Å². The molecule has 0 radical (unpaired) electrons. The van der Waals surface area contributed by atoms with Crippen LogP contribution in [0.15, 0.2) is 48.6 Å². The zero-order valence-electron chi connectivity index (χ0n) is 12.2. The Morgan fingerprint density at radius 3 is 2.10 bits per heavy atom. The topological polar surface area (TPSA) is 63.9 Å². The van der Waals surface area contributed by atoms with E-state index < -0.39 is 0 Å². The molecule has 1 aromatic rings. The molecule has 21 heavy (non-hydrogen) atoms. The van der Waals surface area contributed by atoms with Gasteiger partial charge in [0, 0.05) is 13.1 Å². The van der Waals surface area contributed by atoms with E-state index in [1.807, 2.05) is 36.4 Å². The molecule has 1 aliphatic carbocycles. The molecule has 0 bridgehead atoms. The molecule has 4 heteroatoms. The molecule has 0 aromatic heterocycles. The van der Waals surface area contributed by atoms with Crippen LogP contribution in [-0.4, -0.2) is 46.5 Å². The molecule has 3 N–H and O–H groups in total. The number of nitrogens with zero attached hydrogens (tertiary/aromatic N) is 1. The maximum absolute atomic E-state index is 9.34. The van der Waals surface area contributed by atoms with E-state index in [0.29, 0.717) is 13.1 Å². The number of allylic oxidation sites excluding steroid dienone is 2. The third-order valence-electron chi connectivity index (χ3n) is 3.99. The van der Waals surface area contributed by atoms with Crippen molar-refractivity contribution < 1.29 is 15.3 Å². The SMILES string of the molecule is OCCN(CCO)C1(c2ccc(CO)cc2)C=CC=CC1. The van der Waals surface area contributed by atoms with Crippen molar-refractivity contribution in [1.82, 2.24) is 4.90 Å². The molecule has 1 aliphatic rings. The molecule has 4 nitrogen and oxygen atoms in total. The molecule has 1 unspecified atom stereocenters. The van der Waals surface area contributed by atoms with Crippen LogP contribution in [0.2, 0.25) is 0 Å². The maximum Gasteiger partial charge on any atom is 0.0685 e. The van der Waals surface area contributed by atoms with Gasteiger partial charge in [-0.3, -0.25) is 4.90 Å². The number of hydrogen-bond donors (Lipinski definition) is 3. The number of rotatable bonds is 7. The smallest absolute Gasteiger partial charge is 0.0685 e. The van der Waals surface area contributed by atoms with E-state index in [1.54, 1.807) is 0 Å². The Labute approximate surface area is 125 Å². The van der Waals surface area contributed by atoms with E-state index in [9.17, 15) is 15.3 Å². The highest BCUT2D eigenvalue weighted by Gasteiger charge is 2.35. The first-order valence-corrected chi connectivity index (χ1v) is 7.28. The van der Waals surface area contributed by atoms with Crippen LogP contribution >= 0.6 is 0 Å². The van der Waals surface area contributed by atoms with Crippen LogP contribution in [-0.2, 0) is 12.1 Å². The van der Waals surface area contributed by atoms with Gasteiger partial charge in [0.05, 0.1) is 25.4 Å². The van der Waals surface area contributed by atoms with Gasteiger partial charge in [0.2, 0.25) is 0 Å². The van der Waals surface area contributed by atoms with E-state index in [1.165, 1.54) is 0 Å². The third kappa shape index (κ3) is 3.41. The Balaban J connectivity index is 2.39. The minimum absolute atomic E-state index is 0.0278. The minimum Gasteiger partial charge on any atom is -0.395 e. The van der Waals surface area contributed by atoms with Crippen LogP contribution in [0.1, 0.15) is 17.5 Å². The van der Waals surface area contributed by atoms with Gasteiger partial charge in [-0.05, 0) is 17.5 Å². The van der Waals surface area contributed by atoms with Gasteiger partial charge in [0.1, 0.15) is 0 Å². The number of benzene rings is 1. The van der Waals surface area contributed by atoms with Gasteiger partial charge < -0.3 is 15.3 Å². The summed E-state index contributed by atoms with van der Waals surface area (Å²) in [4.78, 5) is 2.10. The Bertz CT molecular complexity index is 489. The molecular weight excluding hydrogens is 266 g/mol. The molecule has 0 heterocycles. The normalized spacial score (nSPS) is 21.1. The van der Waals surface area contributed by atoms with E-state index in [2.05, 4.69) is 17.1 Å². The molecule has 114 valence electrons. The highest BCUT2D eigenvalue weighted by molar-refractivity contribution is 5.36. The van der Waals surface area contributed by atoms with Crippen molar-refractivity contribution in [2.75, 3.05) is 26.3 Å². The summed E-state index contributed by atoms with van der Waals surface area (Å²) in [7, 11) is 0. The monoisotopic (exact) mass is 289 g/mol. The van der Waals surface area contributed by atoms with Crippen LogP contribution in [0.3, 0.4) is 0 Å². The molecule has 2 rings (SSSR count). The fourth-order valence-electron chi connectivity index (χ4n) is 2.89. The second kappa shape index (κ2) is 7.52. The molecule has 1 atom stereocenters. The number of hydrogen-bond acceptors (Lipinski definition) is 4. The van der Waals surface area contributed by atoms with E-state index >= 15 is 0 Å². The van der Waals surface area contributed by atoms with Crippen molar-refractivity contribution in [3.63, 3.8) is 0 Å². The quantitative estimate of drug-likeness (QED) is 0.705. The van der Waals surface area contributed by atoms with Crippen molar-refractivity contribution in [2.24, 2.45) is 0 Å². The Morgan fingerprint density at radius 1 is 0.952 bits per heavy atom. The van der Waals surface area contributed by atoms with Crippen molar-refractivity contribution in [2.45, 2.75) is 18.6 Å². The maximum atomic E-state index is 9.34. The van der Waals surface area contributed by atoms with Crippen molar-refractivity contribution in [1.29, 1.82) is 0 Å². The number of aliphatic hydroxyl groups is 3. The predicted molar refractivity (Wildman–Crippen MR) is 82.7 cm³/mol. The lowest BCUT2D eigenvalue weighted by Crippen LogP contribution is -2.47. The van der Waals surface area contributed by atoms with Crippen molar-refractivity contribution in [3.8, 4) is 0 Å². The third-order valence-corrected chi connectivity index (χ3v) is 3.99. The Morgan fingerprint density at radius 2 is 1.62 bits per heavy atom.